The Hall–Kier alpha value is -2.29. The van der Waals surface area contributed by atoms with Gasteiger partial charge in [0.15, 0.2) is 5.78 Å². The monoisotopic (exact) mass is 401 g/mol. The number of Topliss-reactive ketones (excluding diaryl/α,β-unsaturated/α-hetero) is 1. The number of carbonyl (C=O) groups excluding carboxylic acids is 1. The Kier molecular flexibility index (Phi) is 5.42. The molecule has 2 aromatic rings. The SMILES string of the molecule is CC(=O)c1c(C)c2cnc(N[C@@H]3CCOC[C@H]3O)cc2n([C@@H]2CC[C@@H](O)C2)c1=O. The van der Waals surface area contributed by atoms with E-state index in [0.717, 1.165) is 5.39 Å². The summed E-state index contributed by atoms with van der Waals surface area (Å²) in [6.07, 6.45) is 3.06. The third-order valence-electron chi connectivity index (χ3n) is 6.11. The average molecular weight is 401 g/mol. The van der Waals surface area contributed by atoms with Crippen molar-refractivity contribution in [3.63, 3.8) is 0 Å². The van der Waals surface area contributed by atoms with E-state index in [4.69, 9.17) is 4.74 Å². The molecule has 8 nitrogen and oxygen atoms in total. The number of fused-ring (bicyclic) bond motifs is 1. The zero-order valence-electron chi connectivity index (χ0n) is 16.7. The van der Waals surface area contributed by atoms with Gasteiger partial charge >= 0.3 is 0 Å². The van der Waals surface area contributed by atoms with Crippen LogP contribution in [0.5, 0.6) is 0 Å². The number of nitrogens with zero attached hydrogens (tertiary/aromatic N) is 2. The molecule has 4 atom stereocenters. The minimum Gasteiger partial charge on any atom is -0.393 e. The van der Waals surface area contributed by atoms with Crippen molar-refractivity contribution in [3.05, 3.63) is 33.7 Å². The molecule has 0 aromatic carbocycles. The first-order valence-electron chi connectivity index (χ1n) is 10.1. The molecule has 29 heavy (non-hydrogen) atoms. The summed E-state index contributed by atoms with van der Waals surface area (Å²) >= 11 is 0. The molecule has 0 radical (unpaired) electrons. The van der Waals surface area contributed by atoms with E-state index in [9.17, 15) is 19.8 Å². The molecule has 3 heterocycles. The second-order valence-electron chi connectivity index (χ2n) is 8.12. The van der Waals surface area contributed by atoms with Gasteiger partial charge in [0.05, 0.1) is 35.9 Å². The Morgan fingerprint density at radius 2 is 2.10 bits per heavy atom. The van der Waals surface area contributed by atoms with Crippen LogP contribution in [-0.2, 0) is 4.74 Å². The molecule has 2 aliphatic rings. The van der Waals surface area contributed by atoms with Gasteiger partial charge in [0.2, 0.25) is 0 Å². The molecule has 156 valence electrons. The number of rotatable bonds is 4. The van der Waals surface area contributed by atoms with E-state index in [-0.39, 0.29) is 35.6 Å². The predicted molar refractivity (Wildman–Crippen MR) is 108 cm³/mol. The van der Waals surface area contributed by atoms with E-state index in [1.807, 2.05) is 0 Å². The first kappa shape index (κ1) is 20.0. The van der Waals surface area contributed by atoms with Crippen molar-refractivity contribution in [1.82, 2.24) is 9.55 Å². The number of anilines is 1. The van der Waals surface area contributed by atoms with Gasteiger partial charge in [-0.3, -0.25) is 9.59 Å². The van der Waals surface area contributed by atoms with Crippen LogP contribution in [-0.4, -0.2) is 57.0 Å². The van der Waals surface area contributed by atoms with Crippen LogP contribution in [0, 0.1) is 6.92 Å². The van der Waals surface area contributed by atoms with Gasteiger partial charge in [-0.1, -0.05) is 0 Å². The fourth-order valence-corrected chi connectivity index (χ4v) is 4.56. The molecule has 1 aliphatic carbocycles. The maximum absolute atomic E-state index is 13.3. The summed E-state index contributed by atoms with van der Waals surface area (Å²) < 4.78 is 6.93. The summed E-state index contributed by atoms with van der Waals surface area (Å²) in [4.78, 5) is 29.9. The lowest BCUT2D eigenvalue weighted by Crippen LogP contribution is -2.42. The third-order valence-corrected chi connectivity index (χ3v) is 6.11. The lowest BCUT2D eigenvalue weighted by molar-refractivity contribution is -0.0135. The fraction of sp³-hybridized carbons (Fsp3) is 0.571. The molecule has 0 unspecified atom stereocenters. The molecule has 0 spiro atoms. The van der Waals surface area contributed by atoms with Crippen molar-refractivity contribution in [2.45, 2.75) is 63.8 Å². The molecular weight excluding hydrogens is 374 g/mol. The summed E-state index contributed by atoms with van der Waals surface area (Å²) in [6.45, 7) is 4.01. The number of hydrogen-bond acceptors (Lipinski definition) is 7. The number of nitrogens with one attached hydrogen (secondary N) is 1. The quantitative estimate of drug-likeness (QED) is 0.666. The Bertz CT molecular complexity index is 1000. The van der Waals surface area contributed by atoms with Gasteiger partial charge in [-0.25, -0.2) is 4.98 Å². The Morgan fingerprint density at radius 3 is 2.76 bits per heavy atom. The summed E-state index contributed by atoms with van der Waals surface area (Å²) in [7, 11) is 0. The van der Waals surface area contributed by atoms with Gasteiger partial charge in [-0.05, 0) is 45.1 Å². The molecular formula is C21H27N3O5. The number of aliphatic hydroxyl groups is 2. The van der Waals surface area contributed by atoms with Crippen LogP contribution in [0.15, 0.2) is 17.1 Å². The highest BCUT2D eigenvalue weighted by atomic mass is 16.5. The Balaban J connectivity index is 1.84. The number of pyridine rings is 2. The van der Waals surface area contributed by atoms with E-state index in [1.54, 1.807) is 23.8 Å². The molecule has 0 bridgehead atoms. The van der Waals surface area contributed by atoms with Crippen LogP contribution in [0.2, 0.25) is 0 Å². The van der Waals surface area contributed by atoms with Crippen molar-refractivity contribution < 1.29 is 19.7 Å². The normalized spacial score (nSPS) is 27.3. The average Bonchev–Trinajstić information content (AvgIpc) is 3.09. The van der Waals surface area contributed by atoms with E-state index in [2.05, 4.69) is 10.3 Å². The Morgan fingerprint density at radius 1 is 1.31 bits per heavy atom. The standard InChI is InChI=1S/C21H27N3O5/c1-11-15-9-22-19(23-16-5-6-29-10-18(16)27)8-17(15)24(13-3-4-14(26)7-13)21(28)20(11)12(2)25/h8-9,13-14,16,18,26-27H,3-7,10H2,1-2H3,(H,22,23)/t13-,14-,16-,18-/m1/s1. The van der Waals surface area contributed by atoms with Crippen LogP contribution in [0.4, 0.5) is 5.82 Å². The van der Waals surface area contributed by atoms with Crippen LogP contribution in [0.3, 0.4) is 0 Å². The van der Waals surface area contributed by atoms with Crippen molar-refractivity contribution >= 4 is 22.5 Å². The van der Waals surface area contributed by atoms with E-state index < -0.39 is 12.2 Å². The first-order valence-corrected chi connectivity index (χ1v) is 10.1. The van der Waals surface area contributed by atoms with Gasteiger partial charge in [-0.2, -0.15) is 0 Å². The molecule has 8 heteroatoms. The van der Waals surface area contributed by atoms with Crippen LogP contribution in [0.1, 0.15) is 54.6 Å². The Labute approximate surface area is 168 Å². The lowest BCUT2D eigenvalue weighted by atomic mass is 10.0. The van der Waals surface area contributed by atoms with Gasteiger partial charge < -0.3 is 24.8 Å². The second-order valence-corrected chi connectivity index (χ2v) is 8.12. The minimum atomic E-state index is -0.629. The number of ether oxygens (including phenoxy) is 1. The summed E-state index contributed by atoms with van der Waals surface area (Å²) in [5.74, 6) is 0.291. The largest absolute Gasteiger partial charge is 0.393 e. The number of hydrogen-bond donors (Lipinski definition) is 3. The van der Waals surface area contributed by atoms with Gasteiger partial charge in [0.25, 0.3) is 5.56 Å². The molecule has 2 aromatic heterocycles. The van der Waals surface area contributed by atoms with E-state index in [1.165, 1.54) is 6.92 Å². The number of aryl methyl sites for hydroxylation is 1. The van der Waals surface area contributed by atoms with Crippen molar-refractivity contribution in [2.75, 3.05) is 18.5 Å². The minimum absolute atomic E-state index is 0.164. The lowest BCUT2D eigenvalue weighted by Gasteiger charge is -2.29. The molecule has 4 rings (SSSR count). The van der Waals surface area contributed by atoms with Crippen molar-refractivity contribution in [3.8, 4) is 0 Å². The number of aromatic nitrogens is 2. The molecule has 1 saturated heterocycles. The number of aliphatic hydroxyl groups excluding tert-OH is 2. The molecule has 0 amide bonds. The maximum atomic E-state index is 13.3. The second kappa shape index (κ2) is 7.85. The molecule has 2 fully saturated rings. The first-order chi connectivity index (χ1) is 13.9. The fourth-order valence-electron chi connectivity index (χ4n) is 4.56. The number of ketones is 1. The highest BCUT2D eigenvalue weighted by Crippen LogP contribution is 2.33. The van der Waals surface area contributed by atoms with E-state index >= 15 is 0 Å². The molecule has 3 N–H and O–H groups in total. The van der Waals surface area contributed by atoms with Gasteiger partial charge in [0.1, 0.15) is 5.82 Å². The van der Waals surface area contributed by atoms with E-state index in [0.29, 0.717) is 49.2 Å². The van der Waals surface area contributed by atoms with Crippen molar-refractivity contribution in [2.24, 2.45) is 0 Å². The molecule has 1 saturated carbocycles. The van der Waals surface area contributed by atoms with Gasteiger partial charge in [0, 0.05) is 30.3 Å². The number of carbonyl (C=O) groups is 1. The highest BCUT2D eigenvalue weighted by Gasteiger charge is 2.29. The maximum Gasteiger partial charge on any atom is 0.262 e. The van der Waals surface area contributed by atoms with Crippen LogP contribution < -0.4 is 10.9 Å². The summed E-state index contributed by atoms with van der Waals surface area (Å²) in [5, 5.41) is 24.2. The molecule has 1 aliphatic heterocycles. The summed E-state index contributed by atoms with van der Waals surface area (Å²) in [6, 6.07) is 1.46. The summed E-state index contributed by atoms with van der Waals surface area (Å²) in [5.41, 5.74) is 1.18. The van der Waals surface area contributed by atoms with Crippen LogP contribution in [0.25, 0.3) is 10.9 Å². The zero-order chi connectivity index (χ0) is 20.7. The highest BCUT2D eigenvalue weighted by molar-refractivity contribution is 6.00. The van der Waals surface area contributed by atoms with Crippen LogP contribution >= 0.6 is 0 Å². The van der Waals surface area contributed by atoms with Crippen molar-refractivity contribution in [1.29, 1.82) is 0 Å². The van der Waals surface area contributed by atoms with Gasteiger partial charge in [-0.15, -0.1) is 0 Å². The predicted octanol–water partition coefficient (Wildman–Crippen LogP) is 1.56. The third kappa shape index (κ3) is 3.68. The smallest absolute Gasteiger partial charge is 0.262 e. The zero-order valence-corrected chi connectivity index (χ0v) is 16.7. The topological polar surface area (TPSA) is 114 Å².